The lowest BCUT2D eigenvalue weighted by molar-refractivity contribution is -0.150. The third kappa shape index (κ3) is 21.5. The smallest absolute Gasteiger partial charge is 0.306 e. The molecule has 0 rings (SSSR count). The van der Waals surface area contributed by atoms with Gasteiger partial charge >= 0.3 is 11.9 Å². The Morgan fingerprint density at radius 2 is 1.07 bits per heavy atom. The van der Waals surface area contributed by atoms with E-state index in [4.69, 9.17) is 9.84 Å². The lowest BCUT2D eigenvalue weighted by atomic mass is 10.0. The number of rotatable bonds is 22. The topological polar surface area (TPSA) is 63.6 Å². The lowest BCUT2D eigenvalue weighted by Crippen LogP contribution is -2.18. The number of esters is 1. The molecule has 0 aliphatic heterocycles. The normalized spacial score (nSPS) is 12.1. The van der Waals surface area contributed by atoms with E-state index < -0.39 is 5.97 Å². The van der Waals surface area contributed by atoms with Gasteiger partial charge in [0.25, 0.3) is 0 Å². The minimum atomic E-state index is -0.731. The second kappa shape index (κ2) is 21.6. The minimum absolute atomic E-state index is 0.0139. The molecule has 0 aromatic heterocycles. The Bertz CT molecular complexity index is 381. The van der Waals surface area contributed by atoms with Crippen LogP contribution in [-0.4, -0.2) is 23.1 Å². The molecule has 29 heavy (non-hydrogen) atoms. The summed E-state index contributed by atoms with van der Waals surface area (Å²) in [5.74, 6) is -0.779. The molecule has 4 nitrogen and oxygen atoms in total. The Morgan fingerprint density at radius 1 is 0.621 bits per heavy atom. The first-order valence-electron chi connectivity index (χ1n) is 12.5. The number of carboxylic acid groups (broad SMARTS) is 1. The molecule has 0 saturated heterocycles. The number of carbonyl (C=O) groups is 2. The average molecular weight is 413 g/mol. The van der Waals surface area contributed by atoms with Gasteiger partial charge in [-0.2, -0.15) is 0 Å². The second-order valence-corrected chi connectivity index (χ2v) is 8.53. The first-order valence-corrected chi connectivity index (χ1v) is 12.5. The maximum atomic E-state index is 12.2. The van der Waals surface area contributed by atoms with Gasteiger partial charge in [-0.15, -0.1) is 0 Å². The van der Waals surface area contributed by atoms with Crippen LogP contribution in [0, 0.1) is 0 Å². The predicted molar refractivity (Wildman–Crippen MR) is 121 cm³/mol. The largest absolute Gasteiger partial charge is 0.481 e. The summed E-state index contributed by atoms with van der Waals surface area (Å²) in [6.07, 6.45) is 21.4. The van der Waals surface area contributed by atoms with Crippen molar-refractivity contribution in [1.29, 1.82) is 0 Å². The van der Waals surface area contributed by atoms with E-state index in [1.807, 2.05) is 0 Å². The van der Waals surface area contributed by atoms with Crippen LogP contribution in [-0.2, 0) is 14.3 Å². The van der Waals surface area contributed by atoms with Gasteiger partial charge < -0.3 is 9.84 Å². The molecule has 0 aromatic rings. The molecule has 0 aliphatic rings. The van der Waals surface area contributed by atoms with Gasteiger partial charge in [-0.1, -0.05) is 97.3 Å². The number of hydrogen-bond acceptors (Lipinski definition) is 3. The Hall–Kier alpha value is -1.06. The summed E-state index contributed by atoms with van der Waals surface area (Å²) in [5, 5.41) is 8.69. The maximum Gasteiger partial charge on any atom is 0.306 e. The Morgan fingerprint density at radius 3 is 1.62 bits per heavy atom. The van der Waals surface area contributed by atoms with Gasteiger partial charge in [0.05, 0.1) is 0 Å². The highest BCUT2D eigenvalue weighted by atomic mass is 16.5. The number of carbonyl (C=O) groups excluding carboxylic acids is 1. The molecule has 0 amide bonds. The number of carboxylic acids is 1. The maximum absolute atomic E-state index is 12.2. The van der Waals surface area contributed by atoms with Crippen LogP contribution in [0.3, 0.4) is 0 Å². The molecule has 0 radical (unpaired) electrons. The van der Waals surface area contributed by atoms with E-state index in [0.717, 1.165) is 51.4 Å². The van der Waals surface area contributed by atoms with Crippen LogP contribution in [0.5, 0.6) is 0 Å². The summed E-state index contributed by atoms with van der Waals surface area (Å²) in [7, 11) is 0. The number of unbranched alkanes of at least 4 members (excludes halogenated alkanes) is 13. The molecular formula is C25H48O4. The van der Waals surface area contributed by atoms with Crippen molar-refractivity contribution in [2.45, 2.75) is 148 Å². The molecule has 1 N–H and O–H groups in total. The van der Waals surface area contributed by atoms with E-state index in [1.54, 1.807) is 0 Å². The molecule has 0 bridgehead atoms. The highest BCUT2D eigenvalue weighted by Crippen LogP contribution is 2.16. The minimum Gasteiger partial charge on any atom is -0.481 e. The molecule has 1 unspecified atom stereocenters. The van der Waals surface area contributed by atoms with Crippen LogP contribution in [0.4, 0.5) is 0 Å². The molecule has 0 fully saturated rings. The van der Waals surface area contributed by atoms with Crippen molar-refractivity contribution in [3.05, 3.63) is 0 Å². The predicted octanol–water partition coefficient (Wildman–Crippen LogP) is 7.82. The van der Waals surface area contributed by atoms with E-state index in [0.29, 0.717) is 12.8 Å². The van der Waals surface area contributed by atoms with Crippen molar-refractivity contribution in [2.24, 2.45) is 0 Å². The monoisotopic (exact) mass is 412 g/mol. The van der Waals surface area contributed by atoms with E-state index in [-0.39, 0.29) is 18.5 Å². The summed E-state index contributed by atoms with van der Waals surface area (Å²) in [6, 6.07) is 0. The van der Waals surface area contributed by atoms with Gasteiger partial charge in [0.15, 0.2) is 0 Å². The van der Waals surface area contributed by atoms with Crippen molar-refractivity contribution in [1.82, 2.24) is 0 Å². The van der Waals surface area contributed by atoms with Crippen LogP contribution < -0.4 is 0 Å². The number of hydrogen-bond donors (Lipinski definition) is 1. The second-order valence-electron chi connectivity index (χ2n) is 8.53. The van der Waals surface area contributed by atoms with Crippen molar-refractivity contribution >= 4 is 11.9 Å². The molecular weight excluding hydrogens is 364 g/mol. The SMILES string of the molecule is CCCCCCCCCCCCCC(=O)OC(CCCC)CCCCCC(=O)O. The zero-order valence-corrected chi connectivity index (χ0v) is 19.4. The zero-order chi connectivity index (χ0) is 21.6. The first-order chi connectivity index (χ1) is 14.1. The van der Waals surface area contributed by atoms with Crippen LogP contribution in [0.2, 0.25) is 0 Å². The summed E-state index contributed by atoms with van der Waals surface area (Å²) in [6.45, 7) is 4.41. The van der Waals surface area contributed by atoms with E-state index in [2.05, 4.69) is 13.8 Å². The summed E-state index contributed by atoms with van der Waals surface area (Å²) in [5.41, 5.74) is 0. The van der Waals surface area contributed by atoms with Crippen molar-refractivity contribution in [3.8, 4) is 0 Å². The van der Waals surface area contributed by atoms with Gasteiger partial charge in [0.2, 0.25) is 0 Å². The first kappa shape index (κ1) is 27.9. The number of aliphatic carboxylic acids is 1. The number of ether oxygens (including phenoxy) is 1. The fourth-order valence-electron chi connectivity index (χ4n) is 3.70. The fraction of sp³-hybridized carbons (Fsp3) is 0.920. The third-order valence-electron chi connectivity index (χ3n) is 5.58. The lowest BCUT2D eigenvalue weighted by Gasteiger charge is -2.17. The summed E-state index contributed by atoms with van der Waals surface area (Å²) < 4.78 is 5.72. The van der Waals surface area contributed by atoms with Crippen LogP contribution in [0.25, 0.3) is 0 Å². The fourth-order valence-corrected chi connectivity index (χ4v) is 3.70. The highest BCUT2D eigenvalue weighted by Gasteiger charge is 2.14. The van der Waals surface area contributed by atoms with Crippen molar-refractivity contribution in [3.63, 3.8) is 0 Å². The molecule has 0 aliphatic carbocycles. The van der Waals surface area contributed by atoms with E-state index in [1.165, 1.54) is 57.8 Å². The quantitative estimate of drug-likeness (QED) is 0.145. The van der Waals surface area contributed by atoms with Gasteiger partial charge in [-0.3, -0.25) is 9.59 Å². The molecule has 4 heteroatoms. The Kier molecular flexibility index (Phi) is 20.9. The van der Waals surface area contributed by atoms with E-state index >= 15 is 0 Å². The van der Waals surface area contributed by atoms with Gasteiger partial charge in [-0.25, -0.2) is 0 Å². The molecule has 0 heterocycles. The van der Waals surface area contributed by atoms with E-state index in [9.17, 15) is 9.59 Å². The molecule has 172 valence electrons. The van der Waals surface area contributed by atoms with Crippen LogP contribution >= 0.6 is 0 Å². The molecule has 1 atom stereocenters. The van der Waals surface area contributed by atoms with Crippen molar-refractivity contribution in [2.75, 3.05) is 0 Å². The Balaban J connectivity index is 3.70. The van der Waals surface area contributed by atoms with Crippen LogP contribution in [0.15, 0.2) is 0 Å². The van der Waals surface area contributed by atoms with Gasteiger partial charge in [-0.05, 0) is 32.1 Å². The third-order valence-corrected chi connectivity index (χ3v) is 5.58. The standard InChI is InChI=1S/C25H48O4/c1-3-5-7-8-9-10-11-12-13-14-18-22-25(28)29-23(19-6-4-2)20-16-15-17-21-24(26)27/h23H,3-22H2,1-2H3,(H,26,27). The van der Waals surface area contributed by atoms with Gasteiger partial charge in [0, 0.05) is 12.8 Å². The van der Waals surface area contributed by atoms with Gasteiger partial charge in [0.1, 0.15) is 6.10 Å². The van der Waals surface area contributed by atoms with Crippen molar-refractivity contribution < 1.29 is 19.4 Å². The highest BCUT2D eigenvalue weighted by molar-refractivity contribution is 5.69. The molecule has 0 spiro atoms. The Labute approximate surface area is 180 Å². The summed E-state index contributed by atoms with van der Waals surface area (Å²) >= 11 is 0. The average Bonchev–Trinajstić information content (AvgIpc) is 2.69. The summed E-state index contributed by atoms with van der Waals surface area (Å²) in [4.78, 5) is 22.7. The van der Waals surface area contributed by atoms with Crippen LogP contribution in [0.1, 0.15) is 142 Å². The zero-order valence-electron chi connectivity index (χ0n) is 19.4. The molecule has 0 saturated carbocycles. The molecule has 0 aromatic carbocycles.